The number of rotatable bonds is 7. The molecule has 0 fully saturated rings. The quantitative estimate of drug-likeness (QED) is 0.717. The van der Waals surface area contributed by atoms with Crippen LogP contribution in [0.25, 0.3) is 0 Å². The predicted octanol–water partition coefficient (Wildman–Crippen LogP) is 4.98. The molecule has 0 aromatic heterocycles. The lowest BCUT2D eigenvalue weighted by atomic mass is 9.98. The van der Waals surface area contributed by atoms with Gasteiger partial charge in [-0.3, -0.25) is 4.57 Å². The Labute approximate surface area is 144 Å². The molecule has 0 spiro atoms. The van der Waals surface area contributed by atoms with Crippen molar-refractivity contribution in [3.05, 3.63) is 71.8 Å². The molecule has 0 radical (unpaired) electrons. The van der Waals surface area contributed by atoms with Gasteiger partial charge in [0.1, 0.15) is 0 Å². The Morgan fingerprint density at radius 1 is 0.875 bits per heavy atom. The Bertz CT molecular complexity index is 617. The molecule has 0 aliphatic heterocycles. The second-order valence-electron chi connectivity index (χ2n) is 6.80. The van der Waals surface area contributed by atoms with Crippen molar-refractivity contribution in [2.24, 2.45) is 5.41 Å². The highest BCUT2D eigenvalue weighted by Crippen LogP contribution is 2.58. The molecular weight excluding hydrogens is 323 g/mol. The maximum absolute atomic E-state index is 13.2. The number of benzene rings is 2. The molecule has 5 heteroatoms. The van der Waals surface area contributed by atoms with E-state index >= 15 is 0 Å². The molecule has 1 atom stereocenters. The first kappa shape index (κ1) is 18.9. The van der Waals surface area contributed by atoms with Gasteiger partial charge in [-0.05, 0) is 16.5 Å². The van der Waals surface area contributed by atoms with Gasteiger partial charge in [0, 0.05) is 0 Å². The maximum Gasteiger partial charge on any atom is 0.360 e. The van der Waals surface area contributed by atoms with Gasteiger partial charge in [-0.15, -0.1) is 0 Å². The summed E-state index contributed by atoms with van der Waals surface area (Å²) in [7, 11) is -3.71. The van der Waals surface area contributed by atoms with E-state index in [4.69, 9.17) is 9.05 Å². The monoisotopic (exact) mass is 348 g/mol. The van der Waals surface area contributed by atoms with Crippen molar-refractivity contribution in [1.29, 1.82) is 0 Å². The minimum atomic E-state index is -3.71. The Balaban J connectivity index is 2.13. The Hall–Kier alpha value is -1.45. The largest absolute Gasteiger partial charge is 0.380 e. The van der Waals surface area contributed by atoms with E-state index in [0.717, 1.165) is 11.1 Å². The topological polar surface area (TPSA) is 55.8 Å². The lowest BCUT2D eigenvalue weighted by Crippen LogP contribution is -2.27. The highest BCUT2D eigenvalue weighted by Gasteiger charge is 2.42. The van der Waals surface area contributed by atoms with Crippen molar-refractivity contribution in [2.45, 2.75) is 39.8 Å². The molecule has 130 valence electrons. The van der Waals surface area contributed by atoms with Crippen molar-refractivity contribution in [2.75, 3.05) is 0 Å². The van der Waals surface area contributed by atoms with Gasteiger partial charge in [0.2, 0.25) is 0 Å². The molecule has 0 aliphatic rings. The van der Waals surface area contributed by atoms with Gasteiger partial charge in [0.05, 0.1) is 13.2 Å². The summed E-state index contributed by atoms with van der Waals surface area (Å²) in [4.78, 5) is 0. The minimum absolute atomic E-state index is 0.125. The molecule has 0 saturated heterocycles. The van der Waals surface area contributed by atoms with E-state index in [1.807, 2.05) is 81.4 Å². The van der Waals surface area contributed by atoms with Crippen molar-refractivity contribution in [3.8, 4) is 0 Å². The molecule has 0 saturated carbocycles. The molecule has 0 heterocycles. The summed E-state index contributed by atoms with van der Waals surface area (Å²) in [6.07, 6.45) is 0. The summed E-state index contributed by atoms with van der Waals surface area (Å²) >= 11 is 0. The zero-order valence-corrected chi connectivity index (χ0v) is 15.3. The SMILES string of the molecule is CC(C)(C)C(O)P(=O)(OCc1ccccc1)OCc1ccccc1. The van der Waals surface area contributed by atoms with E-state index in [2.05, 4.69) is 0 Å². The number of hydrogen-bond donors (Lipinski definition) is 1. The van der Waals surface area contributed by atoms with Gasteiger partial charge >= 0.3 is 7.60 Å². The van der Waals surface area contributed by atoms with Crippen LogP contribution in [-0.2, 0) is 26.8 Å². The molecule has 1 unspecified atom stereocenters. The van der Waals surface area contributed by atoms with E-state index < -0.39 is 18.9 Å². The van der Waals surface area contributed by atoms with Crippen LogP contribution in [0.4, 0.5) is 0 Å². The number of aliphatic hydroxyl groups excluding tert-OH is 1. The second kappa shape index (κ2) is 8.09. The van der Waals surface area contributed by atoms with Crippen LogP contribution in [0.1, 0.15) is 31.9 Å². The molecule has 4 nitrogen and oxygen atoms in total. The fourth-order valence-electron chi connectivity index (χ4n) is 2.13. The van der Waals surface area contributed by atoms with Crippen LogP contribution in [0, 0.1) is 5.41 Å². The van der Waals surface area contributed by atoms with Gasteiger partial charge in [-0.2, -0.15) is 0 Å². The van der Waals surface area contributed by atoms with E-state index in [-0.39, 0.29) is 13.2 Å². The third-order valence-corrected chi connectivity index (χ3v) is 5.93. The van der Waals surface area contributed by atoms with E-state index in [1.54, 1.807) is 0 Å². The summed E-state index contributed by atoms with van der Waals surface area (Å²) < 4.78 is 24.4. The summed E-state index contributed by atoms with van der Waals surface area (Å²) in [5.41, 5.74) is 1.13. The lowest BCUT2D eigenvalue weighted by Gasteiger charge is -2.32. The van der Waals surface area contributed by atoms with E-state index in [1.165, 1.54) is 0 Å². The van der Waals surface area contributed by atoms with Crippen LogP contribution in [0.15, 0.2) is 60.7 Å². The smallest absolute Gasteiger partial charge is 0.360 e. The standard InChI is InChI=1S/C19H25O4P/c1-19(2,3)18(20)24(21,22-14-16-10-6-4-7-11-16)23-15-17-12-8-5-9-13-17/h4-13,18,20H,14-15H2,1-3H3. The van der Waals surface area contributed by atoms with Gasteiger partial charge in [-0.1, -0.05) is 81.4 Å². The third kappa shape index (κ3) is 5.29. The maximum atomic E-state index is 13.2. The van der Waals surface area contributed by atoms with Crippen LogP contribution < -0.4 is 0 Å². The number of hydrogen-bond acceptors (Lipinski definition) is 4. The Kier molecular flexibility index (Phi) is 6.36. The molecular formula is C19H25O4P. The average molecular weight is 348 g/mol. The molecule has 2 aromatic rings. The Morgan fingerprint density at radius 3 is 1.58 bits per heavy atom. The van der Waals surface area contributed by atoms with E-state index in [0.29, 0.717) is 0 Å². The second-order valence-corrected chi connectivity index (χ2v) is 8.88. The third-order valence-electron chi connectivity index (χ3n) is 3.58. The first-order valence-corrected chi connectivity index (χ1v) is 9.57. The van der Waals surface area contributed by atoms with E-state index in [9.17, 15) is 9.67 Å². The summed E-state index contributed by atoms with van der Waals surface area (Å²) in [6.45, 7) is 5.67. The number of aliphatic hydroxyl groups is 1. The van der Waals surface area contributed by atoms with Crippen molar-refractivity contribution < 1.29 is 18.7 Å². The van der Waals surface area contributed by atoms with Crippen molar-refractivity contribution in [3.63, 3.8) is 0 Å². The van der Waals surface area contributed by atoms with Gasteiger partial charge < -0.3 is 14.2 Å². The summed E-state index contributed by atoms with van der Waals surface area (Å²) in [6, 6.07) is 18.9. The van der Waals surface area contributed by atoms with Crippen LogP contribution >= 0.6 is 7.60 Å². The summed E-state index contributed by atoms with van der Waals surface area (Å²) in [5.74, 6) is -1.21. The molecule has 0 bridgehead atoms. The van der Waals surface area contributed by atoms with Crippen molar-refractivity contribution in [1.82, 2.24) is 0 Å². The van der Waals surface area contributed by atoms with Crippen LogP contribution in [0.3, 0.4) is 0 Å². The molecule has 0 amide bonds. The molecule has 2 rings (SSSR count). The molecule has 1 N–H and O–H groups in total. The van der Waals surface area contributed by atoms with Gasteiger partial charge in [0.15, 0.2) is 5.85 Å². The average Bonchev–Trinajstić information content (AvgIpc) is 2.58. The minimum Gasteiger partial charge on any atom is -0.380 e. The van der Waals surface area contributed by atoms with Gasteiger partial charge in [0.25, 0.3) is 0 Å². The van der Waals surface area contributed by atoms with Crippen LogP contribution in [0.2, 0.25) is 0 Å². The zero-order chi connectivity index (χ0) is 17.6. The van der Waals surface area contributed by atoms with Crippen LogP contribution in [0.5, 0.6) is 0 Å². The fourth-order valence-corrected chi connectivity index (χ4v) is 4.09. The summed E-state index contributed by atoms with van der Waals surface area (Å²) in [5, 5.41) is 10.5. The predicted molar refractivity (Wildman–Crippen MR) is 95.5 cm³/mol. The highest BCUT2D eigenvalue weighted by atomic mass is 31.2. The van der Waals surface area contributed by atoms with Crippen LogP contribution in [-0.4, -0.2) is 11.0 Å². The normalized spacial score (nSPS) is 13.7. The first-order chi connectivity index (χ1) is 11.3. The zero-order valence-electron chi connectivity index (χ0n) is 14.4. The lowest BCUT2D eigenvalue weighted by molar-refractivity contribution is 0.0734. The molecule has 24 heavy (non-hydrogen) atoms. The highest BCUT2D eigenvalue weighted by molar-refractivity contribution is 7.54. The molecule has 0 aliphatic carbocycles. The van der Waals surface area contributed by atoms with Crippen molar-refractivity contribution >= 4 is 7.60 Å². The first-order valence-electron chi connectivity index (χ1n) is 7.96. The van der Waals surface area contributed by atoms with Gasteiger partial charge in [-0.25, -0.2) is 0 Å². The fraction of sp³-hybridized carbons (Fsp3) is 0.368. The Morgan fingerprint density at radius 2 is 1.25 bits per heavy atom. The molecule has 2 aromatic carbocycles.